The van der Waals surface area contributed by atoms with Gasteiger partial charge in [-0.1, -0.05) is 51.1 Å². The summed E-state index contributed by atoms with van der Waals surface area (Å²) in [6.07, 6.45) is 0.164. The van der Waals surface area contributed by atoms with Crippen LogP contribution in [0, 0.1) is 5.41 Å². The summed E-state index contributed by atoms with van der Waals surface area (Å²) in [6, 6.07) is 10.4. The summed E-state index contributed by atoms with van der Waals surface area (Å²) in [7, 11) is 0. The van der Waals surface area contributed by atoms with Crippen molar-refractivity contribution in [2.24, 2.45) is 5.41 Å². The molecule has 0 bridgehead atoms. The van der Waals surface area contributed by atoms with Gasteiger partial charge in [0.05, 0.1) is 12.7 Å². The first-order valence-corrected chi connectivity index (χ1v) is 6.42. The number of nitrogens with one attached hydrogen (secondary N) is 1. The molecule has 0 spiro atoms. The Morgan fingerprint density at radius 1 is 1.24 bits per heavy atom. The zero-order valence-electron chi connectivity index (χ0n) is 11.5. The Kier molecular flexibility index (Phi) is 5.66. The van der Waals surface area contributed by atoms with Crippen LogP contribution in [0.25, 0.3) is 0 Å². The summed E-state index contributed by atoms with van der Waals surface area (Å²) in [5.74, 6) is 0. The first-order valence-electron chi connectivity index (χ1n) is 6.42. The van der Waals surface area contributed by atoms with Gasteiger partial charge in [-0.3, -0.25) is 0 Å². The lowest BCUT2D eigenvalue weighted by molar-refractivity contribution is 0.0115. The summed E-state index contributed by atoms with van der Waals surface area (Å²) >= 11 is 0. The first kappa shape index (κ1) is 14.2. The van der Waals surface area contributed by atoms with E-state index in [1.165, 1.54) is 5.56 Å². The first-order chi connectivity index (χ1) is 8.05. The molecular weight excluding hydrogens is 210 g/mol. The van der Waals surface area contributed by atoms with Crippen LogP contribution in [0.1, 0.15) is 39.4 Å². The molecule has 1 unspecified atom stereocenters. The number of rotatable bonds is 7. The number of ether oxygens (including phenoxy) is 1. The van der Waals surface area contributed by atoms with Gasteiger partial charge in [0.15, 0.2) is 0 Å². The van der Waals surface area contributed by atoms with E-state index in [0.29, 0.717) is 0 Å². The van der Waals surface area contributed by atoms with Gasteiger partial charge in [0.2, 0.25) is 0 Å². The number of hydrogen-bond acceptors (Lipinski definition) is 2. The van der Waals surface area contributed by atoms with Crippen molar-refractivity contribution in [3.63, 3.8) is 0 Å². The van der Waals surface area contributed by atoms with Gasteiger partial charge in [-0.25, -0.2) is 0 Å². The van der Waals surface area contributed by atoms with E-state index in [1.54, 1.807) is 0 Å². The maximum Gasteiger partial charge on any atom is 0.0797 e. The molecule has 0 saturated carbocycles. The Hall–Kier alpha value is -0.860. The zero-order valence-corrected chi connectivity index (χ0v) is 11.5. The summed E-state index contributed by atoms with van der Waals surface area (Å²) in [5, 5.41) is 3.37. The fourth-order valence-corrected chi connectivity index (χ4v) is 1.69. The molecule has 0 radical (unpaired) electrons. The molecule has 1 aromatic carbocycles. The second-order valence-electron chi connectivity index (χ2n) is 5.31. The molecule has 0 amide bonds. The molecule has 0 heterocycles. The minimum absolute atomic E-state index is 0.164. The van der Waals surface area contributed by atoms with Crippen LogP contribution in [0.4, 0.5) is 0 Å². The molecule has 17 heavy (non-hydrogen) atoms. The van der Waals surface area contributed by atoms with Crippen molar-refractivity contribution in [1.29, 1.82) is 0 Å². The summed E-state index contributed by atoms with van der Waals surface area (Å²) in [5.41, 5.74) is 1.42. The van der Waals surface area contributed by atoms with Gasteiger partial charge in [-0.05, 0) is 19.0 Å². The molecule has 1 atom stereocenters. The fraction of sp³-hybridized carbons (Fsp3) is 0.600. The molecular formula is C15H25NO. The predicted molar refractivity (Wildman–Crippen MR) is 73.1 cm³/mol. The van der Waals surface area contributed by atoms with E-state index < -0.39 is 0 Å². The smallest absolute Gasteiger partial charge is 0.0797 e. The second kappa shape index (κ2) is 6.77. The van der Waals surface area contributed by atoms with Crippen molar-refractivity contribution in [3.8, 4) is 0 Å². The van der Waals surface area contributed by atoms with Crippen molar-refractivity contribution in [2.45, 2.75) is 33.8 Å². The molecule has 0 aliphatic heterocycles. The van der Waals surface area contributed by atoms with Crippen LogP contribution in [0.5, 0.6) is 0 Å². The van der Waals surface area contributed by atoms with Crippen molar-refractivity contribution in [2.75, 3.05) is 19.7 Å². The Morgan fingerprint density at radius 3 is 2.47 bits per heavy atom. The van der Waals surface area contributed by atoms with E-state index in [1.807, 2.05) is 6.07 Å². The molecule has 0 aliphatic rings. The van der Waals surface area contributed by atoms with E-state index in [-0.39, 0.29) is 11.5 Å². The highest BCUT2D eigenvalue weighted by Gasteiger charge is 2.19. The van der Waals surface area contributed by atoms with E-state index in [9.17, 15) is 0 Å². The molecule has 1 rings (SSSR count). The third-order valence-corrected chi connectivity index (χ3v) is 2.85. The minimum Gasteiger partial charge on any atom is -0.373 e. The van der Waals surface area contributed by atoms with Crippen molar-refractivity contribution >= 4 is 0 Å². The van der Waals surface area contributed by atoms with Crippen molar-refractivity contribution in [3.05, 3.63) is 35.9 Å². The molecule has 2 heteroatoms. The van der Waals surface area contributed by atoms with Crippen LogP contribution in [0.3, 0.4) is 0 Å². The quantitative estimate of drug-likeness (QED) is 0.782. The normalized spacial score (nSPS) is 13.6. The largest absolute Gasteiger partial charge is 0.373 e. The molecule has 1 N–H and O–H groups in total. The average molecular weight is 235 g/mol. The zero-order chi connectivity index (χ0) is 12.7. The highest BCUT2D eigenvalue weighted by Crippen LogP contribution is 2.21. The Morgan fingerprint density at radius 2 is 1.88 bits per heavy atom. The van der Waals surface area contributed by atoms with Crippen molar-refractivity contribution in [1.82, 2.24) is 5.32 Å². The van der Waals surface area contributed by atoms with Gasteiger partial charge in [-0.2, -0.15) is 0 Å². The maximum absolute atomic E-state index is 5.95. The maximum atomic E-state index is 5.95. The molecule has 96 valence electrons. The van der Waals surface area contributed by atoms with E-state index >= 15 is 0 Å². The standard InChI is InChI=1S/C15H25NO/c1-5-16-11-15(3,4)12-17-13(2)14-9-7-6-8-10-14/h6-10,13,16H,5,11-12H2,1-4H3. The van der Waals surface area contributed by atoms with Crippen LogP contribution >= 0.6 is 0 Å². The van der Waals surface area contributed by atoms with Gasteiger partial charge in [0.1, 0.15) is 0 Å². The van der Waals surface area contributed by atoms with E-state index in [4.69, 9.17) is 4.74 Å². The summed E-state index contributed by atoms with van der Waals surface area (Å²) in [4.78, 5) is 0. The van der Waals surface area contributed by atoms with Gasteiger partial charge >= 0.3 is 0 Å². The fourth-order valence-electron chi connectivity index (χ4n) is 1.69. The topological polar surface area (TPSA) is 21.3 Å². The molecule has 2 nitrogen and oxygen atoms in total. The van der Waals surface area contributed by atoms with Crippen LogP contribution < -0.4 is 5.32 Å². The van der Waals surface area contributed by atoms with Crippen molar-refractivity contribution < 1.29 is 4.74 Å². The number of benzene rings is 1. The van der Waals surface area contributed by atoms with Gasteiger partial charge in [0, 0.05) is 12.0 Å². The Balaban J connectivity index is 2.40. The average Bonchev–Trinajstić information content (AvgIpc) is 2.35. The number of hydrogen-bond donors (Lipinski definition) is 1. The van der Waals surface area contributed by atoms with Gasteiger partial charge in [0.25, 0.3) is 0 Å². The van der Waals surface area contributed by atoms with E-state index in [2.05, 4.69) is 57.3 Å². The molecule has 0 aliphatic carbocycles. The molecule has 1 aromatic rings. The Labute approximate surface area is 105 Å². The summed E-state index contributed by atoms with van der Waals surface area (Å²) < 4.78 is 5.95. The summed E-state index contributed by atoms with van der Waals surface area (Å²) in [6.45, 7) is 11.5. The van der Waals surface area contributed by atoms with Crippen LogP contribution in [-0.4, -0.2) is 19.7 Å². The van der Waals surface area contributed by atoms with E-state index in [0.717, 1.165) is 19.7 Å². The van der Waals surface area contributed by atoms with Crippen LogP contribution in [-0.2, 0) is 4.74 Å². The van der Waals surface area contributed by atoms with Gasteiger partial charge < -0.3 is 10.1 Å². The molecule has 0 fully saturated rings. The lowest BCUT2D eigenvalue weighted by atomic mass is 9.94. The van der Waals surface area contributed by atoms with Crippen LogP contribution in [0.15, 0.2) is 30.3 Å². The lowest BCUT2D eigenvalue weighted by Crippen LogP contribution is -2.33. The van der Waals surface area contributed by atoms with Crippen LogP contribution in [0.2, 0.25) is 0 Å². The monoisotopic (exact) mass is 235 g/mol. The SMILES string of the molecule is CCNCC(C)(C)COC(C)c1ccccc1. The molecule has 0 aromatic heterocycles. The Bertz CT molecular complexity index is 308. The third-order valence-electron chi connectivity index (χ3n) is 2.85. The highest BCUT2D eigenvalue weighted by molar-refractivity contribution is 5.16. The van der Waals surface area contributed by atoms with Gasteiger partial charge in [-0.15, -0.1) is 0 Å². The lowest BCUT2D eigenvalue weighted by Gasteiger charge is -2.26. The third kappa shape index (κ3) is 5.33. The highest BCUT2D eigenvalue weighted by atomic mass is 16.5. The molecule has 0 saturated heterocycles. The second-order valence-corrected chi connectivity index (χ2v) is 5.31. The minimum atomic E-state index is 0.164. The predicted octanol–water partition coefficient (Wildman–Crippen LogP) is 3.40.